The zero-order chi connectivity index (χ0) is 27.4. The first-order chi connectivity index (χ1) is 18.9. The van der Waals surface area contributed by atoms with E-state index in [2.05, 4.69) is 10.6 Å². The van der Waals surface area contributed by atoms with Crippen molar-refractivity contribution < 1.29 is 19.2 Å². The van der Waals surface area contributed by atoms with Crippen LogP contribution in [-0.2, 0) is 9.59 Å². The molecule has 0 heterocycles. The van der Waals surface area contributed by atoms with Crippen molar-refractivity contribution in [1.82, 2.24) is 0 Å². The molecule has 0 saturated carbocycles. The number of hydrogen-bond donors (Lipinski definition) is 2. The van der Waals surface area contributed by atoms with Crippen LogP contribution in [0, 0.1) is 0 Å². The Kier molecular flexibility index (Phi) is 7.52. The average molecular weight is 533 g/mol. The summed E-state index contributed by atoms with van der Waals surface area (Å²) in [5.41, 5.74) is 3.10. The highest BCUT2D eigenvalue weighted by Crippen LogP contribution is 2.33. The molecular formula is C32H24N2O4S. The van der Waals surface area contributed by atoms with Crippen molar-refractivity contribution in [1.29, 1.82) is 0 Å². The summed E-state index contributed by atoms with van der Waals surface area (Å²) < 4.78 is 0. The van der Waals surface area contributed by atoms with Gasteiger partial charge >= 0.3 is 0 Å². The van der Waals surface area contributed by atoms with Gasteiger partial charge < -0.3 is 10.6 Å². The highest BCUT2D eigenvalue weighted by atomic mass is 32.2. The average Bonchev–Trinajstić information content (AvgIpc) is 2.96. The van der Waals surface area contributed by atoms with E-state index in [1.807, 2.05) is 42.5 Å². The molecule has 7 heteroatoms. The molecule has 0 aromatic heterocycles. The van der Waals surface area contributed by atoms with Gasteiger partial charge in [0.2, 0.25) is 11.8 Å². The van der Waals surface area contributed by atoms with E-state index in [0.717, 1.165) is 10.5 Å². The molecular weight excluding hydrogens is 508 g/mol. The van der Waals surface area contributed by atoms with Gasteiger partial charge in [-0.2, -0.15) is 0 Å². The Morgan fingerprint density at radius 1 is 0.718 bits per heavy atom. The predicted molar refractivity (Wildman–Crippen MR) is 154 cm³/mol. The monoisotopic (exact) mass is 532 g/mol. The molecule has 4 aromatic carbocycles. The number of hydrogen-bond acceptors (Lipinski definition) is 5. The molecule has 39 heavy (non-hydrogen) atoms. The zero-order valence-corrected chi connectivity index (χ0v) is 21.8. The van der Waals surface area contributed by atoms with Gasteiger partial charge in [-0.05, 0) is 48.9 Å². The molecule has 0 fully saturated rings. The standard InChI is InChI=1S/C32H24N2O4S/c1-20(39-23-17-15-22(16-18-23)33-28(35)19-14-21-8-3-2-4-9-21)32(38)34-27-13-7-12-26-29(27)31(37)25-11-6-5-10-24(25)30(26)36/h2-20H,1H3,(H,33,35)(H,34,38)/b19-14+. The first kappa shape index (κ1) is 25.9. The quantitative estimate of drug-likeness (QED) is 0.191. The van der Waals surface area contributed by atoms with Crippen LogP contribution in [0.4, 0.5) is 11.4 Å². The van der Waals surface area contributed by atoms with Gasteiger partial charge in [-0.1, -0.05) is 66.7 Å². The molecule has 0 aliphatic heterocycles. The first-order valence-electron chi connectivity index (χ1n) is 12.3. The summed E-state index contributed by atoms with van der Waals surface area (Å²) in [5.74, 6) is -1.06. The number of thioether (sulfide) groups is 1. The van der Waals surface area contributed by atoms with Crippen LogP contribution >= 0.6 is 11.8 Å². The lowest BCUT2D eigenvalue weighted by Gasteiger charge is -2.21. The van der Waals surface area contributed by atoms with Crippen LogP contribution in [0.2, 0.25) is 0 Å². The van der Waals surface area contributed by atoms with E-state index in [4.69, 9.17) is 0 Å². The number of rotatable bonds is 7. The molecule has 0 saturated heterocycles. The maximum Gasteiger partial charge on any atom is 0.248 e. The third-order valence-corrected chi connectivity index (χ3v) is 7.35. The minimum Gasteiger partial charge on any atom is -0.324 e. The summed E-state index contributed by atoms with van der Waals surface area (Å²) in [6.07, 6.45) is 3.22. The highest BCUT2D eigenvalue weighted by Gasteiger charge is 2.32. The van der Waals surface area contributed by atoms with Crippen LogP contribution in [0.1, 0.15) is 44.3 Å². The Hall–Kier alpha value is -4.75. The molecule has 2 N–H and O–H groups in total. The molecule has 5 rings (SSSR count). The second-order valence-electron chi connectivity index (χ2n) is 8.94. The van der Waals surface area contributed by atoms with Gasteiger partial charge in [-0.25, -0.2) is 0 Å². The number of anilines is 2. The van der Waals surface area contributed by atoms with Crippen LogP contribution in [0.15, 0.2) is 108 Å². The zero-order valence-electron chi connectivity index (χ0n) is 21.0. The van der Waals surface area contributed by atoms with Crippen molar-refractivity contribution in [3.8, 4) is 0 Å². The molecule has 2 amide bonds. The smallest absolute Gasteiger partial charge is 0.248 e. The molecule has 0 spiro atoms. The van der Waals surface area contributed by atoms with Gasteiger partial charge in [0.15, 0.2) is 11.6 Å². The lowest BCUT2D eigenvalue weighted by molar-refractivity contribution is -0.115. The minimum absolute atomic E-state index is 0.216. The molecule has 4 aromatic rings. The number of fused-ring (bicyclic) bond motifs is 2. The molecule has 192 valence electrons. The van der Waals surface area contributed by atoms with Crippen molar-refractivity contribution in [2.75, 3.05) is 10.6 Å². The van der Waals surface area contributed by atoms with Gasteiger partial charge in [-0.3, -0.25) is 19.2 Å². The topological polar surface area (TPSA) is 92.3 Å². The number of nitrogens with one attached hydrogen (secondary N) is 2. The second kappa shape index (κ2) is 11.3. The Labute approximate surface area is 230 Å². The van der Waals surface area contributed by atoms with Crippen molar-refractivity contribution in [2.24, 2.45) is 0 Å². The fourth-order valence-corrected chi connectivity index (χ4v) is 5.15. The molecule has 0 radical (unpaired) electrons. The second-order valence-corrected chi connectivity index (χ2v) is 10.4. The Bertz CT molecular complexity index is 1610. The van der Waals surface area contributed by atoms with Crippen LogP contribution < -0.4 is 10.6 Å². The Balaban J connectivity index is 1.22. The van der Waals surface area contributed by atoms with Gasteiger partial charge in [0.1, 0.15) is 0 Å². The lowest BCUT2D eigenvalue weighted by atomic mass is 9.83. The SMILES string of the molecule is CC(Sc1ccc(NC(=O)/C=C/c2ccccc2)cc1)C(=O)Nc1cccc2c1C(=O)c1ccccc1C2=O. The van der Waals surface area contributed by atoms with Crippen LogP contribution in [0.5, 0.6) is 0 Å². The normalized spacial score (nSPS) is 12.9. The summed E-state index contributed by atoms with van der Waals surface area (Å²) in [6, 6.07) is 28.4. The van der Waals surface area contributed by atoms with Crippen molar-refractivity contribution in [2.45, 2.75) is 17.1 Å². The van der Waals surface area contributed by atoms with E-state index >= 15 is 0 Å². The van der Waals surface area contributed by atoms with Crippen molar-refractivity contribution in [3.05, 3.63) is 131 Å². The molecule has 0 bridgehead atoms. The lowest BCUT2D eigenvalue weighted by Crippen LogP contribution is -2.27. The van der Waals surface area contributed by atoms with Gasteiger partial charge in [0, 0.05) is 33.3 Å². The number of amides is 2. The summed E-state index contributed by atoms with van der Waals surface area (Å²) in [4.78, 5) is 52.3. The van der Waals surface area contributed by atoms with Crippen LogP contribution in [0.25, 0.3) is 6.08 Å². The molecule has 1 atom stereocenters. The summed E-state index contributed by atoms with van der Waals surface area (Å²) in [6.45, 7) is 1.77. The van der Waals surface area contributed by atoms with E-state index in [0.29, 0.717) is 22.5 Å². The van der Waals surface area contributed by atoms with E-state index < -0.39 is 5.25 Å². The van der Waals surface area contributed by atoms with E-state index in [1.165, 1.54) is 17.8 Å². The van der Waals surface area contributed by atoms with E-state index in [1.54, 1.807) is 67.6 Å². The fourth-order valence-electron chi connectivity index (χ4n) is 4.28. The maximum atomic E-state index is 13.2. The molecule has 6 nitrogen and oxygen atoms in total. The third kappa shape index (κ3) is 5.73. The third-order valence-electron chi connectivity index (χ3n) is 6.24. The van der Waals surface area contributed by atoms with Crippen molar-refractivity contribution >= 4 is 52.6 Å². The minimum atomic E-state index is -0.489. The Morgan fingerprint density at radius 3 is 2.08 bits per heavy atom. The number of carbonyl (C=O) groups is 4. The van der Waals surface area contributed by atoms with E-state index in [-0.39, 0.29) is 34.5 Å². The largest absolute Gasteiger partial charge is 0.324 e. The molecule has 1 aliphatic rings. The number of ketones is 2. The van der Waals surface area contributed by atoms with Crippen LogP contribution in [-0.4, -0.2) is 28.6 Å². The van der Waals surface area contributed by atoms with Gasteiger partial charge in [-0.15, -0.1) is 11.8 Å². The summed E-state index contributed by atoms with van der Waals surface area (Å²) in [5, 5.41) is 5.17. The van der Waals surface area contributed by atoms with Gasteiger partial charge in [0.05, 0.1) is 16.5 Å². The summed E-state index contributed by atoms with van der Waals surface area (Å²) in [7, 11) is 0. The fraction of sp³-hybridized carbons (Fsp3) is 0.0625. The molecule has 1 unspecified atom stereocenters. The van der Waals surface area contributed by atoms with E-state index in [9.17, 15) is 19.2 Å². The molecule has 1 aliphatic carbocycles. The Morgan fingerprint density at radius 2 is 1.36 bits per heavy atom. The van der Waals surface area contributed by atoms with Crippen molar-refractivity contribution in [3.63, 3.8) is 0 Å². The predicted octanol–water partition coefficient (Wildman–Crippen LogP) is 6.23. The number of carbonyl (C=O) groups excluding carboxylic acids is 4. The number of benzene rings is 4. The van der Waals surface area contributed by atoms with Crippen LogP contribution in [0.3, 0.4) is 0 Å². The van der Waals surface area contributed by atoms with Gasteiger partial charge in [0.25, 0.3) is 0 Å². The highest BCUT2D eigenvalue weighted by molar-refractivity contribution is 8.00. The summed E-state index contributed by atoms with van der Waals surface area (Å²) >= 11 is 1.34. The maximum absolute atomic E-state index is 13.2. The first-order valence-corrected chi connectivity index (χ1v) is 13.2.